The van der Waals surface area contributed by atoms with Crippen LogP contribution < -0.4 is 4.74 Å². The second kappa shape index (κ2) is 4.87. The van der Waals surface area contributed by atoms with Gasteiger partial charge < -0.3 is 19.8 Å². The van der Waals surface area contributed by atoms with Crippen molar-refractivity contribution in [1.82, 2.24) is 4.90 Å². The average molecular weight is 303 g/mol. The molecule has 1 spiro atoms. The molecule has 1 saturated heterocycles. The van der Waals surface area contributed by atoms with Crippen molar-refractivity contribution in [3.63, 3.8) is 0 Å². The SMILES string of the molecule is COc1ccc2c(c1O)C1CC(O)CCC13CCN(C)C3C2. The number of phenolic OH excluding ortho intramolecular Hbond substituents is 1. The van der Waals surface area contributed by atoms with Crippen molar-refractivity contribution >= 4 is 0 Å². The first kappa shape index (κ1) is 14.3. The van der Waals surface area contributed by atoms with E-state index in [1.165, 1.54) is 12.0 Å². The van der Waals surface area contributed by atoms with Crippen LogP contribution in [0.5, 0.6) is 11.5 Å². The van der Waals surface area contributed by atoms with Crippen LogP contribution in [0.1, 0.15) is 42.7 Å². The average Bonchev–Trinajstić information content (AvgIpc) is 2.83. The topological polar surface area (TPSA) is 52.9 Å². The molecule has 0 bridgehead atoms. The summed E-state index contributed by atoms with van der Waals surface area (Å²) in [6.07, 6.45) is 4.62. The summed E-state index contributed by atoms with van der Waals surface area (Å²) in [4.78, 5) is 2.48. The van der Waals surface area contributed by atoms with E-state index in [0.29, 0.717) is 17.5 Å². The molecule has 4 heteroatoms. The minimum absolute atomic E-state index is 0.213. The monoisotopic (exact) mass is 303 g/mol. The summed E-state index contributed by atoms with van der Waals surface area (Å²) in [6, 6.07) is 4.51. The number of phenols is 1. The molecule has 2 N–H and O–H groups in total. The maximum atomic E-state index is 10.7. The fraction of sp³-hybridized carbons (Fsp3) is 0.667. The van der Waals surface area contributed by atoms with E-state index in [4.69, 9.17) is 4.74 Å². The highest BCUT2D eigenvalue weighted by atomic mass is 16.5. The molecule has 4 nitrogen and oxygen atoms in total. The van der Waals surface area contributed by atoms with Gasteiger partial charge in [0.05, 0.1) is 13.2 Å². The van der Waals surface area contributed by atoms with Crippen molar-refractivity contribution in [2.45, 2.75) is 50.2 Å². The van der Waals surface area contributed by atoms with Gasteiger partial charge in [0, 0.05) is 11.6 Å². The van der Waals surface area contributed by atoms with Gasteiger partial charge >= 0.3 is 0 Å². The molecule has 1 heterocycles. The predicted octanol–water partition coefficient (Wildman–Crippen LogP) is 2.28. The van der Waals surface area contributed by atoms with Gasteiger partial charge in [-0.15, -0.1) is 0 Å². The third-order valence-electron chi connectivity index (χ3n) is 6.52. The van der Waals surface area contributed by atoms with E-state index in [-0.39, 0.29) is 17.4 Å². The number of aromatic hydroxyl groups is 1. The van der Waals surface area contributed by atoms with Gasteiger partial charge in [-0.25, -0.2) is 0 Å². The third-order valence-corrected chi connectivity index (χ3v) is 6.52. The molecule has 1 aliphatic heterocycles. The standard InChI is InChI=1S/C18H25NO3/c1-19-8-7-18-6-5-12(20)10-13(18)16-11(9-15(18)19)3-4-14(22-2)17(16)21/h3-4,12-13,15,20-21H,5-10H2,1-2H3. The van der Waals surface area contributed by atoms with Crippen molar-refractivity contribution in [3.8, 4) is 11.5 Å². The van der Waals surface area contributed by atoms with Crippen LogP contribution in [-0.2, 0) is 6.42 Å². The summed E-state index contributed by atoms with van der Waals surface area (Å²) in [6.45, 7) is 1.11. The Hall–Kier alpha value is -1.26. The van der Waals surface area contributed by atoms with Crippen LogP contribution >= 0.6 is 0 Å². The first-order chi connectivity index (χ1) is 10.6. The largest absolute Gasteiger partial charge is 0.504 e. The number of rotatable bonds is 1. The van der Waals surface area contributed by atoms with Crippen molar-refractivity contribution in [2.24, 2.45) is 5.41 Å². The maximum absolute atomic E-state index is 10.7. The molecule has 120 valence electrons. The van der Waals surface area contributed by atoms with E-state index in [1.807, 2.05) is 6.07 Å². The highest BCUT2D eigenvalue weighted by Crippen LogP contribution is 2.61. The lowest BCUT2D eigenvalue weighted by Gasteiger charge is -2.52. The normalized spacial score (nSPS) is 37.3. The van der Waals surface area contributed by atoms with Crippen LogP contribution in [0.3, 0.4) is 0 Å². The summed E-state index contributed by atoms with van der Waals surface area (Å²) in [5, 5.41) is 21.0. The quantitative estimate of drug-likeness (QED) is 0.836. The lowest BCUT2D eigenvalue weighted by molar-refractivity contribution is 0.0123. The number of ether oxygens (including phenoxy) is 1. The maximum Gasteiger partial charge on any atom is 0.161 e. The Morgan fingerprint density at radius 1 is 1.32 bits per heavy atom. The van der Waals surface area contributed by atoms with Gasteiger partial charge in [-0.2, -0.15) is 0 Å². The smallest absolute Gasteiger partial charge is 0.161 e. The summed E-state index contributed by atoms with van der Waals surface area (Å²) in [5.41, 5.74) is 2.49. The Balaban J connectivity index is 1.89. The number of hydrogen-bond acceptors (Lipinski definition) is 4. The number of aliphatic hydroxyl groups excluding tert-OH is 1. The zero-order valence-corrected chi connectivity index (χ0v) is 13.4. The second-order valence-electron chi connectivity index (χ2n) is 7.35. The summed E-state index contributed by atoms with van der Waals surface area (Å²) < 4.78 is 5.32. The minimum Gasteiger partial charge on any atom is -0.504 e. The van der Waals surface area contributed by atoms with Gasteiger partial charge in [0.2, 0.25) is 0 Å². The van der Waals surface area contributed by atoms with Gasteiger partial charge in [-0.1, -0.05) is 6.07 Å². The minimum atomic E-state index is -0.251. The molecule has 4 unspecified atom stereocenters. The molecule has 1 aromatic rings. The highest BCUT2D eigenvalue weighted by molar-refractivity contribution is 5.54. The van der Waals surface area contributed by atoms with Crippen molar-refractivity contribution in [3.05, 3.63) is 23.3 Å². The Labute approximate surface area is 131 Å². The van der Waals surface area contributed by atoms with Crippen LogP contribution in [-0.4, -0.2) is 48.0 Å². The number of likely N-dealkylation sites (tertiary alicyclic amines) is 1. The molecule has 0 amide bonds. The van der Waals surface area contributed by atoms with E-state index in [1.54, 1.807) is 7.11 Å². The van der Waals surface area contributed by atoms with Gasteiger partial charge in [0.15, 0.2) is 11.5 Å². The molecule has 0 aromatic heterocycles. The zero-order valence-electron chi connectivity index (χ0n) is 13.4. The summed E-state index contributed by atoms with van der Waals surface area (Å²) in [7, 11) is 3.82. The Kier molecular flexibility index (Phi) is 3.17. The van der Waals surface area contributed by atoms with Crippen LogP contribution in [0.15, 0.2) is 12.1 Å². The van der Waals surface area contributed by atoms with Crippen LogP contribution in [0.4, 0.5) is 0 Å². The number of fused-ring (bicyclic) bond motifs is 2. The van der Waals surface area contributed by atoms with Crippen molar-refractivity contribution in [1.29, 1.82) is 0 Å². The van der Waals surface area contributed by atoms with Crippen LogP contribution in [0.25, 0.3) is 0 Å². The van der Waals surface area contributed by atoms with Crippen molar-refractivity contribution < 1.29 is 14.9 Å². The van der Waals surface area contributed by atoms with Gasteiger partial charge in [-0.05, 0) is 68.7 Å². The highest BCUT2D eigenvalue weighted by Gasteiger charge is 2.56. The molecule has 0 radical (unpaired) electrons. The van der Waals surface area contributed by atoms with Crippen molar-refractivity contribution in [2.75, 3.05) is 20.7 Å². The first-order valence-corrected chi connectivity index (χ1v) is 8.34. The van der Waals surface area contributed by atoms with Crippen LogP contribution in [0.2, 0.25) is 0 Å². The second-order valence-corrected chi connectivity index (χ2v) is 7.35. The van der Waals surface area contributed by atoms with E-state index in [2.05, 4.69) is 18.0 Å². The van der Waals surface area contributed by atoms with Gasteiger partial charge in [0.25, 0.3) is 0 Å². The zero-order chi connectivity index (χ0) is 15.5. The molecular weight excluding hydrogens is 278 g/mol. The predicted molar refractivity (Wildman–Crippen MR) is 84.4 cm³/mol. The number of benzene rings is 1. The van der Waals surface area contributed by atoms with Gasteiger partial charge in [-0.3, -0.25) is 0 Å². The van der Waals surface area contributed by atoms with E-state index in [0.717, 1.165) is 37.8 Å². The summed E-state index contributed by atoms with van der Waals surface area (Å²) >= 11 is 0. The number of hydrogen-bond donors (Lipinski definition) is 2. The summed E-state index contributed by atoms with van der Waals surface area (Å²) in [5.74, 6) is 1.09. The number of aliphatic hydroxyl groups is 1. The Morgan fingerprint density at radius 2 is 2.14 bits per heavy atom. The third kappa shape index (κ3) is 1.77. The van der Waals surface area contributed by atoms with Gasteiger partial charge in [0.1, 0.15) is 0 Å². The Morgan fingerprint density at radius 3 is 2.91 bits per heavy atom. The van der Waals surface area contributed by atoms with E-state index in [9.17, 15) is 10.2 Å². The molecule has 1 aromatic carbocycles. The number of likely N-dealkylation sites (N-methyl/N-ethyl adjacent to an activating group) is 1. The lowest BCUT2D eigenvalue weighted by atomic mass is 9.55. The lowest BCUT2D eigenvalue weighted by Crippen LogP contribution is -2.50. The fourth-order valence-corrected chi connectivity index (χ4v) is 5.41. The molecule has 3 aliphatic rings. The number of methoxy groups -OCH3 is 1. The molecule has 2 aliphatic carbocycles. The molecule has 1 saturated carbocycles. The molecule has 2 fully saturated rings. The molecule has 4 atom stereocenters. The van der Waals surface area contributed by atoms with E-state index < -0.39 is 0 Å². The molecular formula is C18H25NO3. The number of nitrogens with zero attached hydrogens (tertiary/aromatic N) is 1. The molecule has 22 heavy (non-hydrogen) atoms. The van der Waals surface area contributed by atoms with E-state index >= 15 is 0 Å². The first-order valence-electron chi connectivity index (χ1n) is 8.34. The fourth-order valence-electron chi connectivity index (χ4n) is 5.41. The molecule has 4 rings (SSSR count). The van der Waals surface area contributed by atoms with Crippen LogP contribution in [0, 0.1) is 5.41 Å². The Bertz CT molecular complexity index is 602.